The van der Waals surface area contributed by atoms with Crippen LogP contribution in [0.3, 0.4) is 0 Å². The predicted octanol–water partition coefficient (Wildman–Crippen LogP) is 2.29. The molecule has 2 aliphatic rings. The van der Waals surface area contributed by atoms with Gasteiger partial charge in [0.1, 0.15) is 0 Å². The Balaban J connectivity index is 1.84. The minimum atomic E-state index is 0.518. The summed E-state index contributed by atoms with van der Waals surface area (Å²) in [4.78, 5) is 0. The molecule has 2 fully saturated rings. The van der Waals surface area contributed by atoms with Crippen molar-refractivity contribution in [2.45, 2.75) is 31.7 Å². The van der Waals surface area contributed by atoms with Crippen LogP contribution in [0.15, 0.2) is 11.6 Å². The van der Waals surface area contributed by atoms with Gasteiger partial charge in [-0.2, -0.15) is 0 Å². The molecule has 0 aromatic carbocycles. The summed E-state index contributed by atoms with van der Waals surface area (Å²) < 4.78 is 5.40. The molecule has 2 nitrogen and oxygen atoms in total. The SMILES string of the molecule is C=C(Cl)CNC1CCC12CCOCC2. The molecule has 0 amide bonds. The first-order chi connectivity index (χ1) is 6.73. The summed E-state index contributed by atoms with van der Waals surface area (Å²) in [6.45, 7) is 6.30. The largest absolute Gasteiger partial charge is 0.381 e. The molecule has 1 N–H and O–H groups in total. The van der Waals surface area contributed by atoms with Crippen molar-refractivity contribution in [3.63, 3.8) is 0 Å². The second kappa shape index (κ2) is 4.21. The minimum absolute atomic E-state index is 0.518. The van der Waals surface area contributed by atoms with Crippen molar-refractivity contribution < 1.29 is 4.74 Å². The van der Waals surface area contributed by atoms with Crippen LogP contribution in [0.2, 0.25) is 0 Å². The van der Waals surface area contributed by atoms with Crippen molar-refractivity contribution >= 4 is 11.6 Å². The van der Waals surface area contributed by atoms with Gasteiger partial charge in [-0.15, -0.1) is 0 Å². The number of hydrogen-bond acceptors (Lipinski definition) is 2. The van der Waals surface area contributed by atoms with Crippen LogP contribution in [0.25, 0.3) is 0 Å². The lowest BCUT2D eigenvalue weighted by atomic mass is 9.60. The van der Waals surface area contributed by atoms with Gasteiger partial charge in [-0.25, -0.2) is 0 Å². The zero-order chi connectivity index (χ0) is 10.0. The van der Waals surface area contributed by atoms with Gasteiger partial charge in [0.25, 0.3) is 0 Å². The maximum absolute atomic E-state index is 5.75. The van der Waals surface area contributed by atoms with Gasteiger partial charge in [-0.1, -0.05) is 18.2 Å². The molecule has 1 aliphatic carbocycles. The summed E-state index contributed by atoms with van der Waals surface area (Å²) in [5.74, 6) is 0. The molecular weight excluding hydrogens is 198 g/mol. The quantitative estimate of drug-likeness (QED) is 0.780. The highest BCUT2D eigenvalue weighted by Crippen LogP contribution is 2.48. The number of ether oxygens (including phenoxy) is 1. The molecule has 3 heteroatoms. The van der Waals surface area contributed by atoms with E-state index >= 15 is 0 Å². The molecule has 1 saturated carbocycles. The fourth-order valence-electron chi connectivity index (χ4n) is 2.63. The molecule has 1 saturated heterocycles. The maximum Gasteiger partial charge on any atom is 0.0471 e. The molecule has 1 aliphatic heterocycles. The minimum Gasteiger partial charge on any atom is -0.381 e. The zero-order valence-corrected chi connectivity index (χ0v) is 9.28. The maximum atomic E-state index is 5.75. The van der Waals surface area contributed by atoms with Gasteiger partial charge in [0, 0.05) is 30.8 Å². The highest BCUT2D eigenvalue weighted by molar-refractivity contribution is 6.29. The molecule has 0 radical (unpaired) electrons. The van der Waals surface area contributed by atoms with E-state index in [1.807, 2.05) is 0 Å². The van der Waals surface area contributed by atoms with Crippen LogP contribution in [-0.2, 0) is 4.74 Å². The van der Waals surface area contributed by atoms with Gasteiger partial charge in [0.05, 0.1) is 0 Å². The fraction of sp³-hybridized carbons (Fsp3) is 0.818. The molecule has 1 heterocycles. The third-order valence-corrected chi connectivity index (χ3v) is 3.83. The number of rotatable bonds is 3. The predicted molar refractivity (Wildman–Crippen MR) is 58.5 cm³/mol. The smallest absolute Gasteiger partial charge is 0.0471 e. The van der Waals surface area contributed by atoms with Crippen LogP contribution in [0.1, 0.15) is 25.7 Å². The van der Waals surface area contributed by atoms with Gasteiger partial charge >= 0.3 is 0 Å². The molecule has 1 unspecified atom stereocenters. The van der Waals surface area contributed by atoms with Crippen molar-refractivity contribution in [2.24, 2.45) is 5.41 Å². The lowest BCUT2D eigenvalue weighted by Crippen LogP contribution is -2.55. The Hall–Kier alpha value is -0.0500. The van der Waals surface area contributed by atoms with Crippen LogP contribution >= 0.6 is 11.6 Å². The number of halogens is 1. The average molecular weight is 216 g/mol. The van der Waals surface area contributed by atoms with Crippen LogP contribution in [0.4, 0.5) is 0 Å². The van der Waals surface area contributed by atoms with Crippen molar-refractivity contribution in [1.82, 2.24) is 5.32 Å². The summed E-state index contributed by atoms with van der Waals surface area (Å²) in [7, 11) is 0. The highest BCUT2D eigenvalue weighted by atomic mass is 35.5. The monoisotopic (exact) mass is 215 g/mol. The van der Waals surface area contributed by atoms with Crippen LogP contribution in [0.5, 0.6) is 0 Å². The van der Waals surface area contributed by atoms with E-state index in [0.717, 1.165) is 19.8 Å². The van der Waals surface area contributed by atoms with E-state index in [9.17, 15) is 0 Å². The van der Waals surface area contributed by atoms with Crippen LogP contribution in [-0.4, -0.2) is 25.8 Å². The van der Waals surface area contributed by atoms with E-state index in [4.69, 9.17) is 16.3 Å². The Morgan fingerprint density at radius 3 is 2.64 bits per heavy atom. The van der Waals surface area contributed by atoms with E-state index in [1.165, 1.54) is 25.7 Å². The molecule has 1 atom stereocenters. The lowest BCUT2D eigenvalue weighted by molar-refractivity contribution is -0.0537. The molecule has 0 aromatic rings. The Bertz CT molecular complexity index is 223. The van der Waals surface area contributed by atoms with E-state index in [0.29, 0.717) is 16.5 Å². The molecule has 0 aromatic heterocycles. The van der Waals surface area contributed by atoms with Gasteiger partial charge in [0.2, 0.25) is 0 Å². The molecule has 0 bridgehead atoms. The first-order valence-corrected chi connectivity index (χ1v) is 5.75. The van der Waals surface area contributed by atoms with Crippen LogP contribution in [0, 0.1) is 5.41 Å². The summed E-state index contributed by atoms with van der Waals surface area (Å²) in [6.07, 6.45) is 5.05. The first-order valence-electron chi connectivity index (χ1n) is 5.37. The Morgan fingerprint density at radius 2 is 2.14 bits per heavy atom. The van der Waals surface area contributed by atoms with Crippen molar-refractivity contribution in [1.29, 1.82) is 0 Å². The number of nitrogens with one attached hydrogen (secondary N) is 1. The molecule has 14 heavy (non-hydrogen) atoms. The van der Waals surface area contributed by atoms with Gasteiger partial charge in [0.15, 0.2) is 0 Å². The normalized spacial score (nSPS) is 29.9. The summed E-state index contributed by atoms with van der Waals surface area (Å²) in [5, 5.41) is 4.20. The first kappa shape index (κ1) is 10.5. The van der Waals surface area contributed by atoms with E-state index in [2.05, 4.69) is 11.9 Å². The van der Waals surface area contributed by atoms with Gasteiger partial charge in [-0.05, 0) is 31.1 Å². The molecule has 1 spiro atoms. The van der Waals surface area contributed by atoms with Crippen molar-refractivity contribution in [2.75, 3.05) is 19.8 Å². The summed E-state index contributed by atoms with van der Waals surface area (Å²) in [6, 6.07) is 0.641. The van der Waals surface area contributed by atoms with Crippen molar-refractivity contribution in [3.05, 3.63) is 11.6 Å². The molecular formula is C11H18ClNO. The Kier molecular flexibility index (Phi) is 3.15. The third kappa shape index (κ3) is 1.97. The second-order valence-electron chi connectivity index (χ2n) is 4.46. The summed E-state index contributed by atoms with van der Waals surface area (Å²) in [5.41, 5.74) is 0.518. The molecule has 2 rings (SSSR count). The summed E-state index contributed by atoms with van der Waals surface area (Å²) >= 11 is 5.75. The Labute approximate surface area is 90.7 Å². The average Bonchev–Trinajstić information content (AvgIpc) is 2.17. The number of hydrogen-bond donors (Lipinski definition) is 1. The molecule has 80 valence electrons. The Morgan fingerprint density at radius 1 is 1.43 bits per heavy atom. The van der Waals surface area contributed by atoms with Gasteiger partial charge in [-0.3, -0.25) is 0 Å². The zero-order valence-electron chi connectivity index (χ0n) is 8.52. The third-order valence-electron chi connectivity index (χ3n) is 3.70. The highest BCUT2D eigenvalue weighted by Gasteiger charge is 2.46. The van der Waals surface area contributed by atoms with E-state index in [-0.39, 0.29) is 0 Å². The van der Waals surface area contributed by atoms with Gasteiger partial charge < -0.3 is 10.1 Å². The second-order valence-corrected chi connectivity index (χ2v) is 5.00. The topological polar surface area (TPSA) is 21.3 Å². The van der Waals surface area contributed by atoms with E-state index in [1.54, 1.807) is 0 Å². The standard InChI is InChI=1S/C11H18ClNO/c1-9(12)8-13-10-2-3-11(10)4-6-14-7-5-11/h10,13H,1-8H2. The lowest BCUT2D eigenvalue weighted by Gasteiger charge is -2.52. The fourth-order valence-corrected chi connectivity index (χ4v) is 2.70. The van der Waals surface area contributed by atoms with E-state index < -0.39 is 0 Å². The van der Waals surface area contributed by atoms with Crippen LogP contribution < -0.4 is 5.32 Å². The van der Waals surface area contributed by atoms with Crippen molar-refractivity contribution in [3.8, 4) is 0 Å².